The highest BCUT2D eigenvalue weighted by Gasteiger charge is 2.43. The van der Waals surface area contributed by atoms with E-state index < -0.39 is 5.60 Å². The summed E-state index contributed by atoms with van der Waals surface area (Å²) in [6.45, 7) is 4.73. The lowest BCUT2D eigenvalue weighted by Gasteiger charge is -2.43. The predicted octanol–water partition coefficient (Wildman–Crippen LogP) is 4.20. The van der Waals surface area contributed by atoms with Gasteiger partial charge in [-0.05, 0) is 62.4 Å². The molecule has 0 unspecified atom stereocenters. The molecule has 3 aliphatic rings. The summed E-state index contributed by atoms with van der Waals surface area (Å²) in [4.78, 5) is 29.4. The van der Waals surface area contributed by atoms with Crippen LogP contribution in [0.15, 0.2) is 42.5 Å². The van der Waals surface area contributed by atoms with Crippen molar-refractivity contribution in [2.75, 3.05) is 13.6 Å². The molecule has 2 aromatic carbocycles. The Balaban J connectivity index is 1.42. The highest BCUT2D eigenvalue weighted by molar-refractivity contribution is 5.95. The molecule has 1 fully saturated rings. The van der Waals surface area contributed by atoms with Gasteiger partial charge in [0.05, 0.1) is 6.54 Å². The maximum absolute atomic E-state index is 13.7. The van der Waals surface area contributed by atoms with Crippen LogP contribution in [0.2, 0.25) is 0 Å². The molecule has 0 bridgehead atoms. The van der Waals surface area contributed by atoms with E-state index in [1.807, 2.05) is 66.2 Å². The number of carbonyl (C=O) groups excluding carboxylic acids is 2. The molecule has 1 spiro atoms. The van der Waals surface area contributed by atoms with E-state index in [4.69, 9.17) is 9.47 Å². The molecule has 1 saturated carbocycles. The third-order valence-electron chi connectivity index (χ3n) is 7.48. The first-order valence-corrected chi connectivity index (χ1v) is 11.9. The van der Waals surface area contributed by atoms with Crippen LogP contribution in [0.1, 0.15) is 61.0 Å². The number of carbonyl (C=O) groups is 2. The minimum absolute atomic E-state index is 0.0278. The first kappa shape index (κ1) is 21.8. The van der Waals surface area contributed by atoms with Crippen LogP contribution in [-0.2, 0) is 17.8 Å². The second-order valence-electron chi connectivity index (χ2n) is 9.87. The summed E-state index contributed by atoms with van der Waals surface area (Å²) >= 11 is 0. The molecule has 1 atom stereocenters. The minimum atomic E-state index is -0.440. The Kier molecular flexibility index (Phi) is 5.55. The zero-order chi connectivity index (χ0) is 23.2. The molecule has 0 N–H and O–H groups in total. The summed E-state index contributed by atoms with van der Waals surface area (Å²) in [6, 6.07) is 14.0. The first-order valence-electron chi connectivity index (χ1n) is 11.9. The third-order valence-corrected chi connectivity index (χ3v) is 7.48. The van der Waals surface area contributed by atoms with Crippen molar-refractivity contribution < 1.29 is 19.1 Å². The Morgan fingerprint density at radius 2 is 1.82 bits per heavy atom. The molecule has 1 aliphatic carbocycles. The van der Waals surface area contributed by atoms with Crippen LogP contribution in [0.25, 0.3) is 0 Å². The lowest BCUT2D eigenvalue weighted by Crippen LogP contribution is -2.52. The zero-order valence-corrected chi connectivity index (χ0v) is 19.7. The van der Waals surface area contributed by atoms with E-state index in [1.165, 1.54) is 0 Å². The van der Waals surface area contributed by atoms with Crippen LogP contribution in [0.3, 0.4) is 0 Å². The average molecular weight is 449 g/mol. The molecular formula is C27H32N2O4. The van der Waals surface area contributed by atoms with Crippen LogP contribution in [0, 0.1) is 0 Å². The molecule has 0 saturated heterocycles. The predicted molar refractivity (Wildman–Crippen MR) is 125 cm³/mol. The number of fused-ring (bicyclic) bond motifs is 2. The molecule has 2 heterocycles. The summed E-state index contributed by atoms with van der Waals surface area (Å²) in [7, 11) is 1.88. The maximum Gasteiger partial charge on any atom is 0.254 e. The summed E-state index contributed by atoms with van der Waals surface area (Å²) in [5.74, 6) is 1.87. The molecule has 6 heteroatoms. The molecule has 2 aliphatic heterocycles. The molecule has 6 nitrogen and oxygen atoms in total. The summed E-state index contributed by atoms with van der Waals surface area (Å²) in [6.07, 6.45) is 4.34. The number of hydrogen-bond acceptors (Lipinski definition) is 4. The van der Waals surface area contributed by atoms with E-state index in [2.05, 4.69) is 0 Å². The first-order chi connectivity index (χ1) is 15.8. The number of hydrogen-bond donors (Lipinski definition) is 0. The Morgan fingerprint density at radius 1 is 1.06 bits per heavy atom. The average Bonchev–Trinajstić information content (AvgIpc) is 3.10. The highest BCUT2D eigenvalue weighted by atomic mass is 16.5. The Morgan fingerprint density at radius 3 is 2.58 bits per heavy atom. The Labute approximate surface area is 195 Å². The fourth-order valence-electron chi connectivity index (χ4n) is 5.52. The van der Waals surface area contributed by atoms with Gasteiger partial charge >= 0.3 is 0 Å². The van der Waals surface area contributed by atoms with E-state index in [-0.39, 0.29) is 24.0 Å². The van der Waals surface area contributed by atoms with Gasteiger partial charge < -0.3 is 19.3 Å². The second-order valence-corrected chi connectivity index (χ2v) is 9.87. The Hall–Kier alpha value is -3.02. The van der Waals surface area contributed by atoms with Gasteiger partial charge in [0.1, 0.15) is 23.2 Å². The van der Waals surface area contributed by atoms with Crippen molar-refractivity contribution in [2.24, 2.45) is 0 Å². The monoisotopic (exact) mass is 448 g/mol. The lowest BCUT2D eigenvalue weighted by molar-refractivity contribution is -0.131. The van der Waals surface area contributed by atoms with Crippen LogP contribution in [0.4, 0.5) is 0 Å². The van der Waals surface area contributed by atoms with Gasteiger partial charge in [0.2, 0.25) is 5.91 Å². The second kappa shape index (κ2) is 8.40. The molecular weight excluding hydrogens is 416 g/mol. The molecule has 2 aromatic rings. The fraction of sp³-hybridized carbons (Fsp3) is 0.481. The smallest absolute Gasteiger partial charge is 0.254 e. The SMILES string of the molecule is CC(=O)N(C)C1CCC2(CC1)CN(C(=O)c1ccc3c(c1)C[C@@H](C)O3)Cc1ccccc1O2. The number of benzene rings is 2. The van der Waals surface area contributed by atoms with Crippen molar-refractivity contribution in [2.45, 2.75) is 70.2 Å². The van der Waals surface area contributed by atoms with Gasteiger partial charge in [-0.1, -0.05) is 18.2 Å². The van der Waals surface area contributed by atoms with Crippen molar-refractivity contribution in [1.29, 1.82) is 0 Å². The zero-order valence-electron chi connectivity index (χ0n) is 19.7. The molecule has 0 radical (unpaired) electrons. The van der Waals surface area contributed by atoms with E-state index in [1.54, 1.807) is 6.92 Å². The van der Waals surface area contributed by atoms with E-state index in [0.717, 1.165) is 54.7 Å². The van der Waals surface area contributed by atoms with Crippen LogP contribution < -0.4 is 9.47 Å². The fourth-order valence-corrected chi connectivity index (χ4v) is 5.52. The Bertz CT molecular complexity index is 1070. The van der Waals surface area contributed by atoms with Gasteiger partial charge in [-0.25, -0.2) is 0 Å². The molecule has 5 rings (SSSR count). The maximum atomic E-state index is 13.7. The number of para-hydroxylation sites is 1. The van der Waals surface area contributed by atoms with Crippen molar-refractivity contribution in [1.82, 2.24) is 9.80 Å². The van der Waals surface area contributed by atoms with Gasteiger partial charge in [0.25, 0.3) is 5.91 Å². The number of rotatable bonds is 2. The topological polar surface area (TPSA) is 59.1 Å². The normalized spacial score (nSPS) is 26.0. The quantitative estimate of drug-likeness (QED) is 0.691. The number of ether oxygens (including phenoxy) is 2. The van der Waals surface area contributed by atoms with Crippen LogP contribution in [-0.4, -0.2) is 53.0 Å². The van der Waals surface area contributed by atoms with Crippen LogP contribution >= 0.6 is 0 Å². The van der Waals surface area contributed by atoms with E-state index >= 15 is 0 Å². The van der Waals surface area contributed by atoms with Crippen molar-refractivity contribution in [3.63, 3.8) is 0 Å². The minimum Gasteiger partial charge on any atom is -0.490 e. The number of amides is 2. The molecule has 174 valence electrons. The molecule has 33 heavy (non-hydrogen) atoms. The highest BCUT2D eigenvalue weighted by Crippen LogP contribution is 2.40. The van der Waals surface area contributed by atoms with E-state index in [9.17, 15) is 9.59 Å². The van der Waals surface area contributed by atoms with Gasteiger partial charge in [-0.3, -0.25) is 9.59 Å². The largest absolute Gasteiger partial charge is 0.490 e. The van der Waals surface area contributed by atoms with Crippen molar-refractivity contribution in [3.05, 3.63) is 59.2 Å². The lowest BCUT2D eigenvalue weighted by atomic mass is 9.81. The van der Waals surface area contributed by atoms with Crippen molar-refractivity contribution in [3.8, 4) is 11.5 Å². The van der Waals surface area contributed by atoms with Gasteiger partial charge in [-0.2, -0.15) is 0 Å². The van der Waals surface area contributed by atoms with Gasteiger partial charge in [0, 0.05) is 44.1 Å². The number of nitrogens with zero attached hydrogens (tertiary/aromatic N) is 2. The molecule has 2 amide bonds. The van der Waals surface area contributed by atoms with Gasteiger partial charge in [-0.15, -0.1) is 0 Å². The van der Waals surface area contributed by atoms with E-state index in [0.29, 0.717) is 18.7 Å². The standard InChI is InChI=1S/C27H32N2O4/c1-18-14-22-15-20(8-9-24(22)32-18)26(31)29-16-21-6-4-5-7-25(21)33-27(17-29)12-10-23(11-13-27)28(3)19(2)30/h4-9,15,18,23H,10-14,16-17H2,1-3H3/t18-,23?,27?/m1/s1. The summed E-state index contributed by atoms with van der Waals surface area (Å²) in [5.41, 5.74) is 2.39. The summed E-state index contributed by atoms with van der Waals surface area (Å²) in [5, 5.41) is 0. The molecule has 0 aromatic heterocycles. The van der Waals surface area contributed by atoms with Gasteiger partial charge in [0.15, 0.2) is 0 Å². The third kappa shape index (κ3) is 4.19. The summed E-state index contributed by atoms with van der Waals surface area (Å²) < 4.78 is 12.5. The van der Waals surface area contributed by atoms with Crippen LogP contribution in [0.5, 0.6) is 11.5 Å². The van der Waals surface area contributed by atoms with Crippen molar-refractivity contribution >= 4 is 11.8 Å².